The van der Waals surface area contributed by atoms with Gasteiger partial charge in [0, 0.05) is 25.7 Å². The monoisotopic (exact) mass is 1450 g/mol. The summed E-state index contributed by atoms with van der Waals surface area (Å²) in [4.78, 5) is 72.9. The molecular weight excluding hydrogens is 1290 g/mol. The van der Waals surface area contributed by atoms with Gasteiger partial charge in [-0.1, -0.05) is 357 Å². The Kier molecular flexibility index (Phi) is 67.8. The number of phosphoric acid groups is 2. The van der Waals surface area contributed by atoms with Crippen LogP contribution in [0.15, 0.2) is 0 Å². The smallest absolute Gasteiger partial charge is 0.462 e. The van der Waals surface area contributed by atoms with Gasteiger partial charge < -0.3 is 33.8 Å². The van der Waals surface area contributed by atoms with Crippen LogP contribution in [0.3, 0.4) is 0 Å². The van der Waals surface area contributed by atoms with Gasteiger partial charge in [0.15, 0.2) is 12.2 Å². The van der Waals surface area contributed by atoms with Gasteiger partial charge in [0.05, 0.1) is 26.4 Å². The lowest BCUT2D eigenvalue weighted by atomic mass is 9.99. The number of hydrogen-bond acceptors (Lipinski definition) is 15. The van der Waals surface area contributed by atoms with Crippen LogP contribution in [0.5, 0.6) is 0 Å². The minimum Gasteiger partial charge on any atom is -0.462 e. The van der Waals surface area contributed by atoms with Crippen molar-refractivity contribution in [3.8, 4) is 0 Å². The normalized spacial score (nSPS) is 14.3. The molecule has 0 aliphatic rings. The minimum absolute atomic E-state index is 0.102. The molecular formula is C80H156O17P2. The van der Waals surface area contributed by atoms with E-state index in [0.717, 1.165) is 108 Å². The van der Waals surface area contributed by atoms with Crippen molar-refractivity contribution < 1.29 is 80.2 Å². The molecule has 0 rings (SSSR count). The maximum atomic E-state index is 13.1. The molecule has 0 aliphatic heterocycles. The summed E-state index contributed by atoms with van der Waals surface area (Å²) < 4.78 is 68.6. The molecule has 17 nitrogen and oxygen atoms in total. The first kappa shape index (κ1) is 97.1. The summed E-state index contributed by atoms with van der Waals surface area (Å²) in [6.07, 6.45) is 55.8. The number of hydrogen-bond donors (Lipinski definition) is 3. The molecule has 0 aliphatic carbocycles. The van der Waals surface area contributed by atoms with Crippen LogP contribution < -0.4 is 0 Å². The molecule has 4 unspecified atom stereocenters. The van der Waals surface area contributed by atoms with E-state index < -0.39 is 97.5 Å². The molecule has 3 N–H and O–H groups in total. The van der Waals surface area contributed by atoms with Crippen LogP contribution >= 0.6 is 15.6 Å². The van der Waals surface area contributed by atoms with E-state index in [-0.39, 0.29) is 25.7 Å². The first-order valence-electron chi connectivity index (χ1n) is 41.2. The van der Waals surface area contributed by atoms with Crippen LogP contribution in [-0.2, 0) is 65.4 Å². The summed E-state index contributed by atoms with van der Waals surface area (Å²) >= 11 is 0. The summed E-state index contributed by atoms with van der Waals surface area (Å²) in [6, 6.07) is 0. The van der Waals surface area contributed by atoms with Crippen LogP contribution in [0.4, 0.5) is 0 Å². The molecule has 0 saturated carbocycles. The van der Waals surface area contributed by atoms with Crippen LogP contribution in [-0.4, -0.2) is 96.7 Å². The van der Waals surface area contributed by atoms with Crippen molar-refractivity contribution in [2.45, 2.75) is 427 Å². The summed E-state index contributed by atoms with van der Waals surface area (Å²) in [7, 11) is -9.92. The number of phosphoric ester groups is 2. The molecule has 99 heavy (non-hydrogen) atoms. The van der Waals surface area contributed by atoms with Crippen LogP contribution in [0.2, 0.25) is 0 Å². The average Bonchev–Trinajstić information content (AvgIpc) is 0.990. The largest absolute Gasteiger partial charge is 0.472 e. The highest BCUT2D eigenvalue weighted by atomic mass is 31.2. The van der Waals surface area contributed by atoms with E-state index in [1.807, 2.05) is 0 Å². The van der Waals surface area contributed by atoms with Crippen molar-refractivity contribution in [1.29, 1.82) is 0 Å². The van der Waals surface area contributed by atoms with Crippen LogP contribution in [0.1, 0.15) is 409 Å². The number of carbonyl (C=O) groups is 4. The molecule has 0 aromatic carbocycles. The maximum absolute atomic E-state index is 13.1. The highest BCUT2D eigenvalue weighted by Crippen LogP contribution is 2.45. The van der Waals surface area contributed by atoms with E-state index in [0.29, 0.717) is 37.5 Å². The van der Waals surface area contributed by atoms with Gasteiger partial charge in [-0.25, -0.2) is 9.13 Å². The lowest BCUT2D eigenvalue weighted by molar-refractivity contribution is -0.161. The molecule has 0 aromatic rings. The number of ether oxygens (including phenoxy) is 4. The second-order valence-corrected chi connectivity index (χ2v) is 33.4. The molecule has 588 valence electrons. The first-order chi connectivity index (χ1) is 47.6. The van der Waals surface area contributed by atoms with Crippen LogP contribution in [0, 0.1) is 23.7 Å². The molecule has 0 spiro atoms. The lowest BCUT2D eigenvalue weighted by Gasteiger charge is -2.21. The summed E-state index contributed by atoms with van der Waals surface area (Å²) in [5.41, 5.74) is 0. The van der Waals surface area contributed by atoms with Crippen molar-refractivity contribution in [3.05, 3.63) is 0 Å². The van der Waals surface area contributed by atoms with Gasteiger partial charge in [-0.05, 0) is 49.4 Å². The number of carbonyl (C=O) groups excluding carboxylic acids is 4. The van der Waals surface area contributed by atoms with Crippen molar-refractivity contribution in [3.63, 3.8) is 0 Å². The fourth-order valence-corrected chi connectivity index (χ4v) is 13.8. The second kappa shape index (κ2) is 69.1. The Morgan fingerprint density at radius 3 is 0.717 bits per heavy atom. The highest BCUT2D eigenvalue weighted by Gasteiger charge is 2.30. The first-order valence-corrected chi connectivity index (χ1v) is 44.2. The summed E-state index contributed by atoms with van der Waals surface area (Å²) in [5, 5.41) is 10.6. The maximum Gasteiger partial charge on any atom is 0.472 e. The Bertz CT molecular complexity index is 1940. The lowest BCUT2D eigenvalue weighted by Crippen LogP contribution is -2.30. The van der Waals surface area contributed by atoms with E-state index >= 15 is 0 Å². The number of unbranched alkanes of at least 4 members (excludes halogenated alkanes) is 42. The van der Waals surface area contributed by atoms with Gasteiger partial charge in [-0.15, -0.1) is 0 Å². The SMILES string of the molecule is CCC(C)CCCCCCCCCCCCCCCCCCCCC(=O)OC[C@H](COP(=O)(O)OCC(O)COP(=O)(O)OC[C@@H](COC(=O)CCCCCCCCCC(C)C)OC(=O)CCCCCCCCCC(C)C)OC(=O)CCCCCCCCCCCCCCCCC(C)C. The number of rotatable bonds is 77. The third-order valence-electron chi connectivity index (χ3n) is 18.9. The molecule has 0 aromatic heterocycles. The van der Waals surface area contributed by atoms with Crippen molar-refractivity contribution >= 4 is 39.5 Å². The molecule has 0 fully saturated rings. The Balaban J connectivity index is 5.18. The Labute approximate surface area is 607 Å². The Morgan fingerprint density at radius 2 is 0.485 bits per heavy atom. The molecule has 6 atom stereocenters. The van der Waals surface area contributed by atoms with Gasteiger partial charge in [0.25, 0.3) is 0 Å². The van der Waals surface area contributed by atoms with Gasteiger partial charge in [0.1, 0.15) is 19.3 Å². The third kappa shape index (κ3) is 72.8. The zero-order chi connectivity index (χ0) is 73.1. The second-order valence-electron chi connectivity index (χ2n) is 30.5. The topological polar surface area (TPSA) is 237 Å². The number of aliphatic hydroxyl groups excluding tert-OH is 1. The Hall–Kier alpha value is -1.94. The van der Waals surface area contributed by atoms with Crippen molar-refractivity contribution in [1.82, 2.24) is 0 Å². The predicted molar refractivity (Wildman–Crippen MR) is 404 cm³/mol. The summed E-state index contributed by atoms with van der Waals surface area (Å²) in [5.74, 6) is 0.950. The average molecular weight is 1450 g/mol. The molecule has 0 bridgehead atoms. The molecule has 0 radical (unpaired) electrons. The van der Waals surface area contributed by atoms with E-state index in [9.17, 15) is 43.2 Å². The fraction of sp³-hybridized carbons (Fsp3) is 0.950. The minimum atomic E-state index is -4.96. The molecule has 19 heteroatoms. The Morgan fingerprint density at radius 1 is 0.283 bits per heavy atom. The van der Waals surface area contributed by atoms with E-state index in [1.54, 1.807) is 0 Å². The van der Waals surface area contributed by atoms with E-state index in [2.05, 4.69) is 55.4 Å². The number of aliphatic hydroxyl groups is 1. The van der Waals surface area contributed by atoms with Gasteiger partial charge in [-0.3, -0.25) is 37.3 Å². The predicted octanol–water partition coefficient (Wildman–Crippen LogP) is 23.6. The van der Waals surface area contributed by atoms with Crippen molar-refractivity contribution in [2.24, 2.45) is 23.7 Å². The fourth-order valence-electron chi connectivity index (χ4n) is 12.2. The van der Waals surface area contributed by atoms with E-state index in [4.69, 9.17) is 37.0 Å². The van der Waals surface area contributed by atoms with Gasteiger partial charge >= 0.3 is 39.5 Å². The summed E-state index contributed by atoms with van der Waals surface area (Å²) in [6.45, 7) is 14.2. The molecule has 0 amide bonds. The van der Waals surface area contributed by atoms with Gasteiger partial charge in [-0.2, -0.15) is 0 Å². The molecule has 0 heterocycles. The quantitative estimate of drug-likeness (QED) is 0.0222. The highest BCUT2D eigenvalue weighted by molar-refractivity contribution is 7.47. The zero-order valence-corrected chi connectivity index (χ0v) is 66.9. The van der Waals surface area contributed by atoms with Crippen LogP contribution in [0.25, 0.3) is 0 Å². The third-order valence-corrected chi connectivity index (χ3v) is 20.8. The van der Waals surface area contributed by atoms with Gasteiger partial charge in [0.2, 0.25) is 0 Å². The number of esters is 4. The van der Waals surface area contributed by atoms with Crippen molar-refractivity contribution in [2.75, 3.05) is 39.6 Å². The zero-order valence-electron chi connectivity index (χ0n) is 65.1. The van der Waals surface area contributed by atoms with E-state index in [1.165, 1.54) is 205 Å². The molecule has 0 saturated heterocycles. The standard InChI is InChI=1S/C80H156O17P2/c1-9-73(8)59-51-43-35-27-23-19-14-12-10-11-13-15-20-24-28-36-44-52-60-77(82)90-66-75(96-79(84)62-54-46-37-29-25-21-17-16-18-22-26-32-40-48-56-70(2)3)68-94-98(86,87)92-64-74(81)65-93-99(88,89)95-69-76(97-80(85)63-55-47-39-31-34-42-50-58-72(6)7)67-91-78(83)61-53-45-38-30-33-41-49-57-71(4)5/h70-76,81H,9-69H2,1-8H3,(H,86,87)(H,88,89)/t73?,74?,75-,76-/m1/s1.